The topological polar surface area (TPSA) is 90.7 Å². The van der Waals surface area contributed by atoms with Gasteiger partial charge in [-0.25, -0.2) is 9.78 Å². The number of likely N-dealkylation sites (tertiary alicyclic amines) is 1. The molecule has 2 N–H and O–H groups in total. The van der Waals surface area contributed by atoms with Gasteiger partial charge in [-0.1, -0.05) is 6.92 Å². The first-order valence-electron chi connectivity index (χ1n) is 6.58. The number of nitrogens with zero attached hydrogens (tertiary/aromatic N) is 2. The fraction of sp³-hybridized carbons (Fsp3) is 0.615. The van der Waals surface area contributed by atoms with Crippen LogP contribution in [0.25, 0.3) is 0 Å². The summed E-state index contributed by atoms with van der Waals surface area (Å²) in [7, 11) is 0. The Morgan fingerprint density at radius 2 is 2.00 bits per heavy atom. The van der Waals surface area contributed by atoms with Crippen molar-refractivity contribution >= 4 is 23.2 Å². The molecule has 0 atom stereocenters. The van der Waals surface area contributed by atoms with Gasteiger partial charge in [0.2, 0.25) is 0 Å². The van der Waals surface area contributed by atoms with Gasteiger partial charge in [-0.3, -0.25) is 4.79 Å². The Bertz CT molecular complexity index is 532. The van der Waals surface area contributed by atoms with Crippen LogP contribution < -0.4 is 0 Å². The zero-order valence-electron chi connectivity index (χ0n) is 11.5. The summed E-state index contributed by atoms with van der Waals surface area (Å²) in [6.45, 7) is 4.29. The maximum atomic E-state index is 12.4. The van der Waals surface area contributed by atoms with Crippen molar-refractivity contribution in [1.82, 2.24) is 9.88 Å². The van der Waals surface area contributed by atoms with E-state index < -0.39 is 11.6 Å². The molecule has 0 aromatic carbocycles. The third kappa shape index (κ3) is 2.69. The second-order valence-corrected chi connectivity index (χ2v) is 6.09. The van der Waals surface area contributed by atoms with E-state index in [4.69, 9.17) is 5.11 Å². The molecule has 0 radical (unpaired) electrons. The van der Waals surface area contributed by atoms with Crippen molar-refractivity contribution < 1.29 is 19.8 Å². The van der Waals surface area contributed by atoms with E-state index in [1.807, 2.05) is 6.92 Å². The number of carbonyl (C=O) groups is 2. The van der Waals surface area contributed by atoms with Crippen LogP contribution in [-0.2, 0) is 11.2 Å². The smallest absolute Gasteiger partial charge is 0.335 e. The third-order valence-corrected chi connectivity index (χ3v) is 4.90. The maximum absolute atomic E-state index is 12.4. The lowest BCUT2D eigenvalue weighted by Gasteiger charge is -2.35. The van der Waals surface area contributed by atoms with E-state index >= 15 is 0 Å². The van der Waals surface area contributed by atoms with Crippen LogP contribution in [0.5, 0.6) is 0 Å². The van der Waals surface area contributed by atoms with E-state index in [-0.39, 0.29) is 31.8 Å². The van der Waals surface area contributed by atoms with Crippen LogP contribution in [0.15, 0.2) is 0 Å². The summed E-state index contributed by atoms with van der Waals surface area (Å²) in [5.74, 6) is -1.33. The lowest BCUT2D eigenvalue weighted by Crippen LogP contribution is -2.50. The van der Waals surface area contributed by atoms with E-state index in [0.29, 0.717) is 4.88 Å². The fourth-order valence-electron chi connectivity index (χ4n) is 2.24. The van der Waals surface area contributed by atoms with Crippen LogP contribution in [-0.4, -0.2) is 50.7 Å². The number of hydrogen-bond donors (Lipinski definition) is 2. The highest BCUT2D eigenvalue weighted by Gasteiger charge is 2.40. The Kier molecular flexibility index (Phi) is 4.10. The summed E-state index contributed by atoms with van der Waals surface area (Å²) >= 11 is 1.39. The summed E-state index contributed by atoms with van der Waals surface area (Å²) in [5, 5.41) is 19.7. The molecule has 1 aromatic rings. The molecule has 20 heavy (non-hydrogen) atoms. The molecule has 0 aliphatic carbocycles. The molecule has 0 bridgehead atoms. The molecule has 1 aliphatic rings. The third-order valence-electron chi connectivity index (χ3n) is 3.61. The van der Waals surface area contributed by atoms with Gasteiger partial charge < -0.3 is 15.1 Å². The minimum atomic E-state index is -1.70. The second-order valence-electron chi connectivity index (χ2n) is 5.00. The molecule has 1 fully saturated rings. The number of aliphatic carboxylic acids is 1. The van der Waals surface area contributed by atoms with Crippen molar-refractivity contribution in [1.29, 1.82) is 0 Å². The molecule has 0 saturated carbocycles. The van der Waals surface area contributed by atoms with Gasteiger partial charge in [0.25, 0.3) is 5.91 Å². The minimum absolute atomic E-state index is 0.0621. The summed E-state index contributed by atoms with van der Waals surface area (Å²) < 4.78 is 0. The molecule has 1 aliphatic heterocycles. The fourth-order valence-corrected chi connectivity index (χ4v) is 3.21. The number of aryl methyl sites for hydroxylation is 2. The molecule has 0 unspecified atom stereocenters. The number of amides is 1. The van der Waals surface area contributed by atoms with E-state index in [1.165, 1.54) is 11.3 Å². The van der Waals surface area contributed by atoms with Crippen LogP contribution in [0.2, 0.25) is 0 Å². The molecular formula is C13H18N2O4S. The second kappa shape index (κ2) is 5.49. The van der Waals surface area contributed by atoms with Crippen LogP contribution in [0.3, 0.4) is 0 Å². The summed E-state index contributed by atoms with van der Waals surface area (Å²) in [6, 6.07) is 0. The average Bonchev–Trinajstić information content (AvgIpc) is 2.80. The van der Waals surface area contributed by atoms with Gasteiger partial charge in [0.15, 0.2) is 5.60 Å². The van der Waals surface area contributed by atoms with E-state index in [2.05, 4.69) is 4.98 Å². The van der Waals surface area contributed by atoms with Gasteiger partial charge in [0.1, 0.15) is 4.88 Å². The predicted octanol–water partition coefficient (Wildman–Crippen LogP) is 1.07. The molecule has 110 valence electrons. The van der Waals surface area contributed by atoms with Gasteiger partial charge in [-0.15, -0.1) is 11.3 Å². The largest absolute Gasteiger partial charge is 0.479 e. The number of piperidine rings is 1. The first-order valence-corrected chi connectivity index (χ1v) is 7.40. The molecule has 2 rings (SSSR count). The molecule has 6 nitrogen and oxygen atoms in total. The van der Waals surface area contributed by atoms with E-state index in [0.717, 1.165) is 17.1 Å². The highest BCUT2D eigenvalue weighted by molar-refractivity contribution is 7.13. The summed E-state index contributed by atoms with van der Waals surface area (Å²) in [5.41, 5.74) is -0.982. The molecule has 2 heterocycles. The van der Waals surface area contributed by atoms with Crippen molar-refractivity contribution in [2.24, 2.45) is 0 Å². The lowest BCUT2D eigenvalue weighted by molar-refractivity contribution is -0.162. The van der Waals surface area contributed by atoms with Gasteiger partial charge >= 0.3 is 5.97 Å². The predicted molar refractivity (Wildman–Crippen MR) is 74.0 cm³/mol. The zero-order valence-corrected chi connectivity index (χ0v) is 12.4. The number of carbonyl (C=O) groups excluding carboxylic acids is 1. The Morgan fingerprint density at radius 1 is 1.40 bits per heavy atom. The first-order chi connectivity index (χ1) is 9.37. The Hall–Kier alpha value is -1.47. The SMILES string of the molecule is CCc1nc(C)c(C(=O)N2CCC(O)(C(=O)O)CC2)s1. The van der Waals surface area contributed by atoms with Crippen LogP contribution in [0.1, 0.15) is 40.1 Å². The average molecular weight is 298 g/mol. The minimum Gasteiger partial charge on any atom is -0.479 e. The summed E-state index contributed by atoms with van der Waals surface area (Å²) in [6.07, 6.45) is 0.913. The number of aliphatic hydroxyl groups is 1. The van der Waals surface area contributed by atoms with Crippen molar-refractivity contribution in [2.45, 2.75) is 38.7 Å². The van der Waals surface area contributed by atoms with Gasteiger partial charge in [-0.05, 0) is 13.3 Å². The first kappa shape index (κ1) is 14.9. The van der Waals surface area contributed by atoms with Crippen LogP contribution >= 0.6 is 11.3 Å². The molecule has 1 aromatic heterocycles. The van der Waals surface area contributed by atoms with Crippen molar-refractivity contribution in [2.75, 3.05) is 13.1 Å². The van der Waals surface area contributed by atoms with E-state index in [1.54, 1.807) is 11.8 Å². The number of rotatable bonds is 3. The van der Waals surface area contributed by atoms with Gasteiger partial charge in [-0.2, -0.15) is 0 Å². The van der Waals surface area contributed by atoms with Crippen molar-refractivity contribution in [3.63, 3.8) is 0 Å². The molecular weight excluding hydrogens is 280 g/mol. The lowest BCUT2D eigenvalue weighted by atomic mass is 9.91. The molecule has 1 saturated heterocycles. The monoisotopic (exact) mass is 298 g/mol. The maximum Gasteiger partial charge on any atom is 0.335 e. The number of hydrogen-bond acceptors (Lipinski definition) is 5. The molecule has 7 heteroatoms. The van der Waals surface area contributed by atoms with Gasteiger partial charge in [0.05, 0.1) is 10.7 Å². The Morgan fingerprint density at radius 3 is 2.45 bits per heavy atom. The van der Waals surface area contributed by atoms with Crippen molar-refractivity contribution in [3.8, 4) is 0 Å². The highest BCUT2D eigenvalue weighted by atomic mass is 32.1. The Labute approximate surface area is 121 Å². The Balaban J connectivity index is 2.08. The zero-order chi connectivity index (χ0) is 14.9. The van der Waals surface area contributed by atoms with Crippen molar-refractivity contribution in [3.05, 3.63) is 15.6 Å². The standard InChI is InChI=1S/C13H18N2O4S/c1-3-9-14-8(2)10(20-9)11(16)15-6-4-13(19,5-7-15)12(17)18/h19H,3-7H2,1-2H3,(H,17,18). The quantitative estimate of drug-likeness (QED) is 0.871. The normalized spacial score (nSPS) is 18.1. The number of carboxylic acids is 1. The molecule has 1 amide bonds. The number of aromatic nitrogens is 1. The van der Waals surface area contributed by atoms with Gasteiger partial charge in [0, 0.05) is 25.9 Å². The summed E-state index contributed by atoms with van der Waals surface area (Å²) in [4.78, 5) is 29.9. The number of carboxylic acid groups (broad SMARTS) is 1. The van der Waals surface area contributed by atoms with Crippen LogP contribution in [0.4, 0.5) is 0 Å². The molecule has 0 spiro atoms. The highest BCUT2D eigenvalue weighted by Crippen LogP contribution is 2.26. The van der Waals surface area contributed by atoms with E-state index in [9.17, 15) is 14.7 Å². The van der Waals surface area contributed by atoms with Crippen LogP contribution in [0, 0.1) is 6.92 Å². The number of thiazole rings is 1.